The van der Waals surface area contributed by atoms with Crippen molar-refractivity contribution in [3.8, 4) is 0 Å². The van der Waals surface area contributed by atoms with E-state index >= 15 is 0 Å². The maximum absolute atomic E-state index is 11.7. The quantitative estimate of drug-likeness (QED) is 0.686. The molecule has 15 heavy (non-hydrogen) atoms. The zero-order valence-electron chi connectivity index (χ0n) is 8.41. The molecule has 1 aliphatic carbocycles. The largest absolute Gasteiger partial charge is 0.295 e. The van der Waals surface area contributed by atoms with Gasteiger partial charge in [0.2, 0.25) is 11.8 Å². The second-order valence-corrected chi connectivity index (χ2v) is 4.41. The number of imide groups is 1. The Balaban J connectivity index is 2.06. The summed E-state index contributed by atoms with van der Waals surface area (Å²) in [6.07, 6.45) is 0.681. The summed E-state index contributed by atoms with van der Waals surface area (Å²) in [5.41, 5.74) is 1.61. The minimum absolute atomic E-state index is 0.111. The van der Waals surface area contributed by atoms with Crippen molar-refractivity contribution >= 4 is 11.8 Å². The fourth-order valence-corrected chi connectivity index (χ4v) is 2.44. The van der Waals surface area contributed by atoms with Gasteiger partial charge in [-0.1, -0.05) is 29.8 Å². The van der Waals surface area contributed by atoms with E-state index in [9.17, 15) is 9.59 Å². The summed E-state index contributed by atoms with van der Waals surface area (Å²) in [5.74, 6) is -0.352. The highest BCUT2D eigenvalue weighted by molar-refractivity contribution is 6.15. The maximum Gasteiger partial charge on any atom is 0.238 e. The van der Waals surface area contributed by atoms with Gasteiger partial charge in [0, 0.05) is 0 Å². The van der Waals surface area contributed by atoms with Gasteiger partial charge in [0.1, 0.15) is 0 Å². The van der Waals surface area contributed by atoms with Crippen LogP contribution in [-0.4, -0.2) is 11.8 Å². The predicted octanol–water partition coefficient (Wildman–Crippen LogP) is 0.909. The zero-order chi connectivity index (χ0) is 10.6. The molecular weight excluding hydrogens is 190 g/mol. The smallest absolute Gasteiger partial charge is 0.238 e. The van der Waals surface area contributed by atoms with Crippen molar-refractivity contribution in [2.75, 3.05) is 0 Å². The van der Waals surface area contributed by atoms with E-state index in [4.69, 9.17) is 0 Å². The average molecular weight is 201 g/mol. The Labute approximate surface area is 87.5 Å². The second kappa shape index (κ2) is 2.48. The lowest BCUT2D eigenvalue weighted by molar-refractivity contribution is -0.127. The van der Waals surface area contributed by atoms with Gasteiger partial charge in [0.15, 0.2) is 0 Å². The zero-order valence-corrected chi connectivity index (χ0v) is 8.41. The summed E-state index contributed by atoms with van der Waals surface area (Å²) in [5, 5.41) is 2.39. The van der Waals surface area contributed by atoms with Gasteiger partial charge in [-0.15, -0.1) is 0 Å². The number of aryl methyl sites for hydroxylation is 1. The first kappa shape index (κ1) is 8.65. The van der Waals surface area contributed by atoms with Gasteiger partial charge in [-0.05, 0) is 18.9 Å². The van der Waals surface area contributed by atoms with Crippen molar-refractivity contribution in [3.63, 3.8) is 0 Å². The molecule has 1 aliphatic heterocycles. The van der Waals surface area contributed by atoms with Gasteiger partial charge in [-0.3, -0.25) is 14.9 Å². The van der Waals surface area contributed by atoms with E-state index in [0.717, 1.165) is 11.1 Å². The normalized spacial score (nSPS) is 32.5. The predicted molar refractivity (Wildman–Crippen MR) is 54.1 cm³/mol. The Bertz CT molecular complexity index is 463. The van der Waals surface area contributed by atoms with Crippen LogP contribution < -0.4 is 5.32 Å². The topological polar surface area (TPSA) is 46.2 Å². The molecule has 1 aromatic rings. The number of carbonyl (C=O) groups is 2. The van der Waals surface area contributed by atoms with Crippen LogP contribution in [0.3, 0.4) is 0 Å². The number of hydrogen-bond acceptors (Lipinski definition) is 2. The molecule has 2 aliphatic rings. The number of nitrogens with one attached hydrogen (secondary N) is 1. The fraction of sp³-hybridized carbons (Fsp3) is 0.333. The molecule has 0 radical (unpaired) electrons. The van der Waals surface area contributed by atoms with Gasteiger partial charge in [0.05, 0.1) is 11.3 Å². The minimum Gasteiger partial charge on any atom is -0.295 e. The summed E-state index contributed by atoms with van der Waals surface area (Å²) in [7, 11) is 0. The molecule has 2 unspecified atom stereocenters. The molecule has 0 bridgehead atoms. The first-order chi connectivity index (χ1) is 7.14. The third kappa shape index (κ3) is 0.950. The molecular formula is C12H11NO2. The molecule has 0 aromatic heterocycles. The van der Waals surface area contributed by atoms with Gasteiger partial charge in [0.25, 0.3) is 0 Å². The Morgan fingerprint density at radius 2 is 1.93 bits per heavy atom. The van der Waals surface area contributed by atoms with Crippen LogP contribution in [0.4, 0.5) is 0 Å². The average Bonchev–Trinajstić information content (AvgIpc) is 2.90. The lowest BCUT2D eigenvalue weighted by atomic mass is 9.93. The van der Waals surface area contributed by atoms with Crippen LogP contribution in [0.1, 0.15) is 17.5 Å². The van der Waals surface area contributed by atoms with Gasteiger partial charge in [-0.25, -0.2) is 0 Å². The molecule has 3 nitrogen and oxygen atoms in total. The van der Waals surface area contributed by atoms with E-state index in [2.05, 4.69) is 5.32 Å². The molecule has 3 heteroatoms. The summed E-state index contributed by atoms with van der Waals surface area (Å²) >= 11 is 0. The lowest BCUT2D eigenvalue weighted by Crippen LogP contribution is -2.30. The van der Waals surface area contributed by atoms with Gasteiger partial charge >= 0.3 is 0 Å². The molecule has 1 N–H and O–H groups in total. The summed E-state index contributed by atoms with van der Waals surface area (Å²) in [6, 6.07) is 7.87. The van der Waals surface area contributed by atoms with Crippen molar-refractivity contribution in [2.45, 2.75) is 18.8 Å². The Morgan fingerprint density at radius 1 is 1.27 bits per heavy atom. The Hall–Kier alpha value is -1.64. The molecule has 2 fully saturated rings. The van der Waals surface area contributed by atoms with Crippen molar-refractivity contribution in [2.24, 2.45) is 5.92 Å². The minimum atomic E-state index is -0.523. The van der Waals surface area contributed by atoms with Gasteiger partial charge in [-0.2, -0.15) is 0 Å². The van der Waals surface area contributed by atoms with Crippen molar-refractivity contribution < 1.29 is 9.59 Å². The SMILES string of the molecule is Cc1ccc(C23CC2C(=O)NC3=O)cc1. The Morgan fingerprint density at radius 3 is 2.40 bits per heavy atom. The van der Waals surface area contributed by atoms with E-state index in [0.29, 0.717) is 6.42 Å². The van der Waals surface area contributed by atoms with E-state index in [-0.39, 0.29) is 17.7 Å². The van der Waals surface area contributed by atoms with Crippen molar-refractivity contribution in [1.82, 2.24) is 5.32 Å². The van der Waals surface area contributed by atoms with Crippen LogP contribution in [0.15, 0.2) is 24.3 Å². The molecule has 3 rings (SSSR count). The summed E-state index contributed by atoms with van der Waals surface area (Å²) < 4.78 is 0. The number of carbonyl (C=O) groups excluding carboxylic acids is 2. The van der Waals surface area contributed by atoms with Crippen molar-refractivity contribution in [3.05, 3.63) is 35.4 Å². The molecule has 0 spiro atoms. The van der Waals surface area contributed by atoms with Crippen LogP contribution >= 0.6 is 0 Å². The van der Waals surface area contributed by atoms with Crippen LogP contribution in [0.25, 0.3) is 0 Å². The summed E-state index contributed by atoms with van der Waals surface area (Å²) in [4.78, 5) is 23.0. The standard InChI is InChI=1S/C12H11NO2/c1-7-2-4-8(5-3-7)12-6-9(12)10(14)13-11(12)15/h2-5,9H,6H2,1H3,(H,13,14,15). The highest BCUT2D eigenvalue weighted by atomic mass is 16.2. The fourth-order valence-electron chi connectivity index (χ4n) is 2.44. The molecule has 2 amide bonds. The lowest BCUT2D eigenvalue weighted by Gasteiger charge is -2.09. The number of rotatable bonds is 1. The molecule has 76 valence electrons. The molecule has 2 atom stereocenters. The summed E-state index contributed by atoms with van der Waals surface area (Å²) in [6.45, 7) is 2.01. The number of piperidine rings is 1. The highest BCUT2D eigenvalue weighted by Gasteiger charge is 2.69. The molecule has 1 saturated heterocycles. The van der Waals surface area contributed by atoms with Crippen LogP contribution in [0.2, 0.25) is 0 Å². The monoisotopic (exact) mass is 201 g/mol. The maximum atomic E-state index is 11.7. The number of hydrogen-bond donors (Lipinski definition) is 1. The van der Waals surface area contributed by atoms with E-state index in [1.54, 1.807) is 0 Å². The van der Waals surface area contributed by atoms with Crippen molar-refractivity contribution in [1.29, 1.82) is 0 Å². The van der Waals surface area contributed by atoms with Gasteiger partial charge < -0.3 is 0 Å². The third-order valence-corrected chi connectivity index (χ3v) is 3.49. The first-order valence-electron chi connectivity index (χ1n) is 5.07. The van der Waals surface area contributed by atoms with E-state index < -0.39 is 5.41 Å². The third-order valence-electron chi connectivity index (χ3n) is 3.49. The molecule has 1 aromatic carbocycles. The van der Waals surface area contributed by atoms with E-state index in [1.807, 2.05) is 31.2 Å². The van der Waals surface area contributed by atoms with Crippen LogP contribution in [0, 0.1) is 12.8 Å². The van der Waals surface area contributed by atoms with E-state index in [1.165, 1.54) is 0 Å². The van der Waals surface area contributed by atoms with Crippen LogP contribution in [-0.2, 0) is 15.0 Å². The number of benzene rings is 1. The first-order valence-corrected chi connectivity index (χ1v) is 5.07. The number of amides is 2. The van der Waals surface area contributed by atoms with Crippen LogP contribution in [0.5, 0.6) is 0 Å². The number of fused-ring (bicyclic) bond motifs is 1. The highest BCUT2D eigenvalue weighted by Crippen LogP contribution is 2.57. The molecule has 1 heterocycles. The Kier molecular flexibility index (Phi) is 1.43. The molecule has 1 saturated carbocycles. The second-order valence-electron chi connectivity index (χ2n) is 4.41.